The van der Waals surface area contributed by atoms with Crippen molar-refractivity contribution in [2.24, 2.45) is 0 Å². The fourth-order valence-electron chi connectivity index (χ4n) is 1.69. The lowest BCUT2D eigenvalue weighted by molar-refractivity contribution is 0.0656. The summed E-state index contributed by atoms with van der Waals surface area (Å²) in [5, 5.41) is 9.06. The van der Waals surface area contributed by atoms with Crippen molar-refractivity contribution >= 4 is 5.97 Å². The Morgan fingerprint density at radius 3 is 2.74 bits per heavy atom. The van der Waals surface area contributed by atoms with Gasteiger partial charge in [0, 0.05) is 7.11 Å². The second kappa shape index (κ2) is 5.53. The molecule has 2 aromatic rings. The van der Waals surface area contributed by atoms with Crippen LogP contribution in [0.1, 0.15) is 16.2 Å². The molecule has 0 radical (unpaired) electrons. The number of ether oxygens (including phenoxy) is 2. The number of methoxy groups -OCH3 is 2. The number of hydrogen-bond acceptors (Lipinski definition) is 5. The number of benzene rings is 1. The minimum Gasteiger partial charge on any atom is -0.496 e. The molecule has 0 unspecified atom stereocenters. The topological polar surface area (TPSA) is 81.8 Å². The molecule has 0 aliphatic carbocycles. The first-order valence-corrected chi connectivity index (χ1v) is 5.52. The Balaban J connectivity index is 2.51. The second-order valence-corrected chi connectivity index (χ2v) is 3.73. The maximum Gasteiger partial charge on any atom is 0.373 e. The summed E-state index contributed by atoms with van der Waals surface area (Å²) in [6.45, 7) is 0.0697. The van der Waals surface area contributed by atoms with Gasteiger partial charge in [-0.15, -0.1) is 0 Å². The molecule has 0 bridgehead atoms. The lowest BCUT2D eigenvalue weighted by atomic mass is 10.2. The predicted molar refractivity (Wildman–Crippen MR) is 66.2 cm³/mol. The van der Waals surface area contributed by atoms with Gasteiger partial charge in [-0.2, -0.15) is 0 Å². The number of carbonyl (C=O) groups is 1. The number of carboxylic acids is 1. The van der Waals surface area contributed by atoms with Gasteiger partial charge in [0.2, 0.25) is 11.7 Å². The second-order valence-electron chi connectivity index (χ2n) is 3.73. The van der Waals surface area contributed by atoms with Gasteiger partial charge in [0.15, 0.2) is 0 Å². The lowest BCUT2D eigenvalue weighted by Gasteiger charge is -2.03. The van der Waals surface area contributed by atoms with E-state index in [1.54, 1.807) is 24.3 Å². The predicted octanol–water partition coefficient (Wildman–Crippen LogP) is 2.19. The van der Waals surface area contributed by atoms with Crippen LogP contribution in [-0.4, -0.2) is 30.3 Å². The smallest absolute Gasteiger partial charge is 0.373 e. The SMILES string of the molecule is COCc1nc(-c2ccccc2OC)oc1C(=O)O. The molecular weight excluding hydrogens is 250 g/mol. The molecule has 100 valence electrons. The van der Waals surface area contributed by atoms with Gasteiger partial charge in [0.05, 0.1) is 19.3 Å². The van der Waals surface area contributed by atoms with Crippen LogP contribution in [0.5, 0.6) is 5.75 Å². The van der Waals surface area contributed by atoms with Crippen LogP contribution in [0, 0.1) is 0 Å². The standard InChI is InChI=1S/C13H13NO5/c1-17-7-9-11(13(15)16)19-12(14-9)8-5-3-4-6-10(8)18-2/h3-6H,7H2,1-2H3,(H,15,16). The summed E-state index contributed by atoms with van der Waals surface area (Å²) in [5.74, 6) is -0.644. The molecule has 2 rings (SSSR count). The average molecular weight is 263 g/mol. The van der Waals surface area contributed by atoms with Gasteiger partial charge >= 0.3 is 5.97 Å². The van der Waals surface area contributed by atoms with E-state index < -0.39 is 5.97 Å². The number of oxazole rings is 1. The van der Waals surface area contributed by atoms with E-state index in [1.165, 1.54) is 14.2 Å². The molecule has 0 fully saturated rings. The van der Waals surface area contributed by atoms with Gasteiger partial charge in [-0.05, 0) is 12.1 Å². The molecule has 0 saturated carbocycles. The normalized spacial score (nSPS) is 10.4. The molecule has 1 heterocycles. The highest BCUT2D eigenvalue weighted by atomic mass is 16.5. The Morgan fingerprint density at radius 1 is 1.37 bits per heavy atom. The van der Waals surface area contributed by atoms with Crippen LogP contribution >= 0.6 is 0 Å². The molecule has 1 N–H and O–H groups in total. The maximum atomic E-state index is 11.1. The van der Waals surface area contributed by atoms with E-state index in [2.05, 4.69) is 4.98 Å². The van der Waals surface area contributed by atoms with Gasteiger partial charge in [0.25, 0.3) is 0 Å². The van der Waals surface area contributed by atoms with Gasteiger partial charge in [-0.3, -0.25) is 0 Å². The molecule has 0 aliphatic heterocycles. The van der Waals surface area contributed by atoms with Crippen LogP contribution in [-0.2, 0) is 11.3 Å². The zero-order valence-electron chi connectivity index (χ0n) is 10.5. The third-order valence-corrected chi connectivity index (χ3v) is 2.51. The Kier molecular flexibility index (Phi) is 3.82. The summed E-state index contributed by atoms with van der Waals surface area (Å²) in [6.07, 6.45) is 0. The minimum absolute atomic E-state index is 0.0697. The quantitative estimate of drug-likeness (QED) is 0.890. The van der Waals surface area contributed by atoms with Gasteiger partial charge in [-0.25, -0.2) is 9.78 Å². The molecule has 1 aromatic carbocycles. The first-order valence-electron chi connectivity index (χ1n) is 5.52. The Labute approximate surface area is 109 Å². The summed E-state index contributed by atoms with van der Waals surface area (Å²) in [5.41, 5.74) is 0.839. The lowest BCUT2D eigenvalue weighted by Crippen LogP contribution is -2.00. The van der Waals surface area contributed by atoms with Crippen molar-refractivity contribution < 1.29 is 23.8 Å². The fraction of sp³-hybridized carbons (Fsp3) is 0.231. The molecule has 6 heteroatoms. The number of aromatic carboxylic acids is 1. The van der Waals surface area contributed by atoms with Crippen molar-refractivity contribution in [2.45, 2.75) is 6.61 Å². The van der Waals surface area contributed by atoms with Crippen molar-refractivity contribution in [3.63, 3.8) is 0 Å². The maximum absolute atomic E-state index is 11.1. The van der Waals surface area contributed by atoms with Gasteiger partial charge in [0.1, 0.15) is 11.4 Å². The molecule has 6 nitrogen and oxygen atoms in total. The van der Waals surface area contributed by atoms with E-state index in [4.69, 9.17) is 19.0 Å². The highest BCUT2D eigenvalue weighted by molar-refractivity contribution is 5.86. The van der Waals surface area contributed by atoms with Gasteiger partial charge in [-0.1, -0.05) is 12.1 Å². The van der Waals surface area contributed by atoms with Crippen molar-refractivity contribution in [1.82, 2.24) is 4.98 Å². The number of aromatic nitrogens is 1. The highest BCUT2D eigenvalue weighted by Crippen LogP contribution is 2.30. The number of rotatable bonds is 5. The number of para-hydroxylation sites is 1. The number of nitrogens with zero attached hydrogens (tertiary/aromatic N) is 1. The highest BCUT2D eigenvalue weighted by Gasteiger charge is 2.21. The summed E-state index contributed by atoms with van der Waals surface area (Å²) in [6, 6.07) is 7.08. The van der Waals surface area contributed by atoms with E-state index in [9.17, 15) is 4.79 Å². The molecule has 0 amide bonds. The molecule has 0 aliphatic rings. The largest absolute Gasteiger partial charge is 0.496 e. The molecule has 0 spiro atoms. The Hall–Kier alpha value is -2.34. The zero-order valence-corrected chi connectivity index (χ0v) is 10.5. The number of carboxylic acid groups (broad SMARTS) is 1. The van der Waals surface area contributed by atoms with E-state index in [-0.39, 0.29) is 24.0 Å². The van der Waals surface area contributed by atoms with Crippen molar-refractivity contribution in [1.29, 1.82) is 0 Å². The minimum atomic E-state index is -1.18. The van der Waals surface area contributed by atoms with E-state index in [1.807, 2.05) is 0 Å². The third-order valence-electron chi connectivity index (χ3n) is 2.51. The summed E-state index contributed by atoms with van der Waals surface area (Å²) in [7, 11) is 2.99. The third kappa shape index (κ3) is 2.58. The monoisotopic (exact) mass is 263 g/mol. The van der Waals surface area contributed by atoms with Crippen molar-refractivity contribution in [3.05, 3.63) is 35.7 Å². The van der Waals surface area contributed by atoms with E-state index >= 15 is 0 Å². The first-order chi connectivity index (χ1) is 9.17. The molecular formula is C13H13NO5. The van der Waals surface area contributed by atoms with Gasteiger partial charge < -0.3 is 19.0 Å². The van der Waals surface area contributed by atoms with Crippen LogP contribution < -0.4 is 4.74 Å². The van der Waals surface area contributed by atoms with Crippen LogP contribution in [0.15, 0.2) is 28.7 Å². The average Bonchev–Trinajstić information content (AvgIpc) is 2.83. The molecule has 0 saturated heterocycles. The molecule has 0 atom stereocenters. The van der Waals surface area contributed by atoms with Crippen LogP contribution in [0.4, 0.5) is 0 Å². The summed E-state index contributed by atoms with van der Waals surface area (Å²) in [4.78, 5) is 15.2. The molecule has 1 aromatic heterocycles. The molecule has 19 heavy (non-hydrogen) atoms. The Bertz CT molecular complexity index is 590. The summed E-state index contributed by atoms with van der Waals surface area (Å²) >= 11 is 0. The van der Waals surface area contributed by atoms with Crippen molar-refractivity contribution in [2.75, 3.05) is 14.2 Å². The van der Waals surface area contributed by atoms with E-state index in [0.29, 0.717) is 11.3 Å². The fourth-order valence-corrected chi connectivity index (χ4v) is 1.69. The van der Waals surface area contributed by atoms with E-state index in [0.717, 1.165) is 0 Å². The zero-order chi connectivity index (χ0) is 13.8. The summed E-state index contributed by atoms with van der Waals surface area (Å²) < 4.78 is 15.4. The van der Waals surface area contributed by atoms with Crippen LogP contribution in [0.25, 0.3) is 11.5 Å². The van der Waals surface area contributed by atoms with Crippen LogP contribution in [0.3, 0.4) is 0 Å². The first kappa shape index (κ1) is 13.1. The van der Waals surface area contributed by atoms with Crippen LogP contribution in [0.2, 0.25) is 0 Å². The number of hydrogen-bond donors (Lipinski definition) is 1. The Morgan fingerprint density at radius 2 is 2.11 bits per heavy atom. The van der Waals surface area contributed by atoms with Crippen molar-refractivity contribution in [3.8, 4) is 17.2 Å².